The van der Waals surface area contributed by atoms with Gasteiger partial charge in [0.1, 0.15) is 0 Å². The summed E-state index contributed by atoms with van der Waals surface area (Å²) in [5.41, 5.74) is 0.703. The maximum absolute atomic E-state index is 11.9. The highest BCUT2D eigenvalue weighted by Gasteiger charge is 2.14. The summed E-state index contributed by atoms with van der Waals surface area (Å²) in [5.74, 6) is 0.681. The third kappa shape index (κ3) is 4.93. The quantitative estimate of drug-likeness (QED) is 0.768. The van der Waals surface area contributed by atoms with E-state index >= 15 is 0 Å². The second kappa shape index (κ2) is 7.45. The lowest BCUT2D eigenvalue weighted by Gasteiger charge is -2.22. The second-order valence-electron chi connectivity index (χ2n) is 4.92. The number of carbonyl (C=O) groups excluding carboxylic acids is 1. The van der Waals surface area contributed by atoms with Crippen molar-refractivity contribution in [3.05, 3.63) is 26.8 Å². The molecule has 0 spiro atoms. The fourth-order valence-corrected chi connectivity index (χ4v) is 3.21. The molecule has 2 N–H and O–H groups in total. The van der Waals surface area contributed by atoms with Crippen molar-refractivity contribution in [2.45, 2.75) is 25.7 Å². The van der Waals surface area contributed by atoms with Crippen LogP contribution in [-0.2, 0) is 4.79 Å². The van der Waals surface area contributed by atoms with E-state index in [4.69, 9.17) is 11.6 Å². The lowest BCUT2D eigenvalue weighted by atomic mass is 9.94. The van der Waals surface area contributed by atoms with E-state index in [0.29, 0.717) is 23.0 Å². The molecule has 3 nitrogen and oxygen atoms in total. The normalized spacial score (nSPS) is 19.2. The molecule has 1 saturated heterocycles. The molecule has 1 fully saturated rings. The predicted octanol–water partition coefficient (Wildman–Crippen LogP) is 3.66. The Labute approximate surface area is 132 Å². The summed E-state index contributed by atoms with van der Waals surface area (Å²) >= 11 is 8.29. The van der Waals surface area contributed by atoms with Crippen LogP contribution in [0.4, 0.5) is 5.69 Å². The van der Waals surface area contributed by atoms with Crippen molar-refractivity contribution >= 4 is 45.8 Å². The SMILES string of the molecule is O=C(CCC1CCCNC1)Nc1ccc(I)cc1Cl. The zero-order valence-corrected chi connectivity index (χ0v) is 13.6. The number of carbonyl (C=O) groups is 1. The summed E-state index contributed by atoms with van der Waals surface area (Å²) in [4.78, 5) is 11.9. The van der Waals surface area contributed by atoms with Gasteiger partial charge >= 0.3 is 0 Å². The van der Waals surface area contributed by atoms with E-state index in [0.717, 1.165) is 23.1 Å². The highest BCUT2D eigenvalue weighted by atomic mass is 127. The summed E-state index contributed by atoms with van der Waals surface area (Å²) in [6.07, 6.45) is 3.95. The highest BCUT2D eigenvalue weighted by molar-refractivity contribution is 14.1. The number of rotatable bonds is 4. The van der Waals surface area contributed by atoms with Gasteiger partial charge in [0.15, 0.2) is 0 Å². The Kier molecular flexibility index (Phi) is 5.91. The minimum absolute atomic E-state index is 0.0497. The number of halogens is 2. The third-order valence-corrected chi connectivity index (χ3v) is 4.37. The van der Waals surface area contributed by atoms with Gasteiger partial charge in [-0.05, 0) is 79.1 Å². The first-order valence-electron chi connectivity index (χ1n) is 6.61. The van der Waals surface area contributed by atoms with Crippen LogP contribution in [0.3, 0.4) is 0 Å². The van der Waals surface area contributed by atoms with Gasteiger partial charge < -0.3 is 10.6 Å². The van der Waals surface area contributed by atoms with Crippen LogP contribution in [0.15, 0.2) is 18.2 Å². The van der Waals surface area contributed by atoms with Crippen LogP contribution < -0.4 is 10.6 Å². The van der Waals surface area contributed by atoms with Crippen molar-refractivity contribution < 1.29 is 4.79 Å². The number of benzene rings is 1. The molecule has 1 aromatic carbocycles. The molecule has 2 rings (SSSR count). The third-order valence-electron chi connectivity index (χ3n) is 3.38. The molecule has 1 aliphatic heterocycles. The molecule has 19 heavy (non-hydrogen) atoms. The van der Waals surface area contributed by atoms with E-state index in [-0.39, 0.29) is 5.91 Å². The Morgan fingerprint density at radius 2 is 2.37 bits per heavy atom. The summed E-state index contributed by atoms with van der Waals surface area (Å²) < 4.78 is 1.06. The Morgan fingerprint density at radius 3 is 3.05 bits per heavy atom. The molecule has 1 atom stereocenters. The lowest BCUT2D eigenvalue weighted by molar-refractivity contribution is -0.116. The summed E-state index contributed by atoms with van der Waals surface area (Å²) in [7, 11) is 0. The molecular formula is C14H18ClIN2O. The lowest BCUT2D eigenvalue weighted by Crippen LogP contribution is -2.30. The first-order valence-corrected chi connectivity index (χ1v) is 8.06. The average Bonchev–Trinajstić information content (AvgIpc) is 2.41. The van der Waals surface area contributed by atoms with Gasteiger partial charge in [-0.2, -0.15) is 0 Å². The number of piperidine rings is 1. The van der Waals surface area contributed by atoms with Crippen molar-refractivity contribution in [1.29, 1.82) is 0 Å². The Hall–Kier alpha value is -0.330. The molecule has 0 radical (unpaired) electrons. The smallest absolute Gasteiger partial charge is 0.224 e. The largest absolute Gasteiger partial charge is 0.325 e. The van der Waals surface area contributed by atoms with Crippen molar-refractivity contribution in [1.82, 2.24) is 5.32 Å². The van der Waals surface area contributed by atoms with Gasteiger partial charge in [-0.15, -0.1) is 0 Å². The molecule has 1 aromatic rings. The molecule has 0 saturated carbocycles. The fourth-order valence-electron chi connectivity index (χ4n) is 2.31. The topological polar surface area (TPSA) is 41.1 Å². The Morgan fingerprint density at radius 1 is 1.53 bits per heavy atom. The molecule has 1 amide bonds. The van der Waals surface area contributed by atoms with Gasteiger partial charge in [0, 0.05) is 9.99 Å². The molecule has 104 valence electrons. The van der Waals surface area contributed by atoms with E-state index in [9.17, 15) is 4.79 Å². The zero-order chi connectivity index (χ0) is 13.7. The first-order chi connectivity index (χ1) is 9.15. The van der Waals surface area contributed by atoms with E-state index in [1.165, 1.54) is 12.8 Å². The van der Waals surface area contributed by atoms with Gasteiger partial charge in [-0.1, -0.05) is 11.6 Å². The molecule has 5 heteroatoms. The van der Waals surface area contributed by atoms with Crippen LogP contribution in [0.2, 0.25) is 5.02 Å². The van der Waals surface area contributed by atoms with Crippen molar-refractivity contribution in [3.63, 3.8) is 0 Å². The summed E-state index contributed by atoms with van der Waals surface area (Å²) in [5, 5.41) is 6.85. The van der Waals surface area contributed by atoms with Crippen LogP contribution in [0.5, 0.6) is 0 Å². The number of hydrogen-bond donors (Lipinski definition) is 2. The average molecular weight is 393 g/mol. The number of nitrogens with one attached hydrogen (secondary N) is 2. The number of hydrogen-bond acceptors (Lipinski definition) is 2. The predicted molar refractivity (Wildman–Crippen MR) is 87.6 cm³/mol. The standard InChI is InChI=1S/C14H18ClIN2O/c15-12-8-11(16)4-5-13(12)18-14(19)6-3-10-2-1-7-17-9-10/h4-5,8,10,17H,1-3,6-7,9H2,(H,18,19). The van der Waals surface area contributed by atoms with Gasteiger partial charge in [0.05, 0.1) is 10.7 Å². The van der Waals surface area contributed by atoms with E-state index in [1.807, 2.05) is 18.2 Å². The number of anilines is 1. The number of amides is 1. The molecule has 0 bridgehead atoms. The second-order valence-corrected chi connectivity index (χ2v) is 6.58. The molecule has 1 unspecified atom stereocenters. The maximum atomic E-state index is 11.9. The summed E-state index contributed by atoms with van der Waals surface area (Å²) in [6.45, 7) is 2.15. The Bertz CT molecular complexity index is 447. The van der Waals surface area contributed by atoms with Gasteiger partial charge in [0.25, 0.3) is 0 Å². The minimum Gasteiger partial charge on any atom is -0.325 e. The van der Waals surface area contributed by atoms with Crippen LogP contribution >= 0.6 is 34.2 Å². The van der Waals surface area contributed by atoms with Crippen LogP contribution in [-0.4, -0.2) is 19.0 Å². The van der Waals surface area contributed by atoms with Crippen molar-refractivity contribution in [2.75, 3.05) is 18.4 Å². The molecule has 1 aliphatic rings. The van der Waals surface area contributed by atoms with Gasteiger partial charge in [0.2, 0.25) is 5.91 Å². The van der Waals surface area contributed by atoms with Crippen LogP contribution in [0.25, 0.3) is 0 Å². The molecule has 0 aliphatic carbocycles. The van der Waals surface area contributed by atoms with E-state index < -0.39 is 0 Å². The van der Waals surface area contributed by atoms with Gasteiger partial charge in [-0.3, -0.25) is 4.79 Å². The van der Waals surface area contributed by atoms with E-state index in [2.05, 4.69) is 33.2 Å². The summed E-state index contributed by atoms with van der Waals surface area (Å²) in [6, 6.07) is 5.64. The van der Waals surface area contributed by atoms with E-state index in [1.54, 1.807) is 0 Å². The monoisotopic (exact) mass is 392 g/mol. The molecule has 0 aromatic heterocycles. The fraction of sp³-hybridized carbons (Fsp3) is 0.500. The van der Waals surface area contributed by atoms with Crippen molar-refractivity contribution in [3.8, 4) is 0 Å². The highest BCUT2D eigenvalue weighted by Crippen LogP contribution is 2.24. The van der Waals surface area contributed by atoms with Crippen LogP contribution in [0.1, 0.15) is 25.7 Å². The zero-order valence-electron chi connectivity index (χ0n) is 10.7. The molecule has 1 heterocycles. The van der Waals surface area contributed by atoms with Crippen molar-refractivity contribution in [2.24, 2.45) is 5.92 Å². The molecular weight excluding hydrogens is 375 g/mol. The maximum Gasteiger partial charge on any atom is 0.224 e. The minimum atomic E-state index is 0.0497. The van der Waals surface area contributed by atoms with Crippen LogP contribution in [0, 0.1) is 9.49 Å². The Balaban J connectivity index is 1.80. The van der Waals surface area contributed by atoms with Gasteiger partial charge in [-0.25, -0.2) is 0 Å². The first kappa shape index (κ1) is 15.1.